The summed E-state index contributed by atoms with van der Waals surface area (Å²) >= 11 is 0. The molecule has 0 saturated carbocycles. The van der Waals surface area contributed by atoms with Crippen molar-refractivity contribution >= 4 is 10.8 Å². The minimum Gasteiger partial charge on any atom is -0.264 e. The third-order valence-electron chi connectivity index (χ3n) is 2.15. The first-order valence-corrected chi connectivity index (χ1v) is 5.65. The monoisotopic (exact) mass is 201 g/mol. The molecular formula is C14H19N. The summed E-state index contributed by atoms with van der Waals surface area (Å²) in [7, 11) is 0. The smallest absolute Gasteiger partial charge is 0.0346 e. The highest BCUT2D eigenvalue weighted by molar-refractivity contribution is 5.84. The zero-order valence-corrected chi connectivity index (χ0v) is 9.83. The van der Waals surface area contributed by atoms with E-state index in [0.717, 1.165) is 6.42 Å². The molecule has 1 heterocycles. The minimum absolute atomic E-state index is 1.08. The highest BCUT2D eigenvalue weighted by atomic mass is 14.6. The molecule has 2 aromatic rings. The van der Waals surface area contributed by atoms with Crippen molar-refractivity contribution in [3.63, 3.8) is 0 Å². The van der Waals surface area contributed by atoms with Gasteiger partial charge in [-0.25, -0.2) is 0 Å². The highest BCUT2D eigenvalue weighted by Crippen LogP contribution is 2.17. The average Bonchev–Trinajstić information content (AvgIpc) is 2.29. The average molecular weight is 201 g/mol. The Bertz CT molecular complexity index is 402. The van der Waals surface area contributed by atoms with Crippen LogP contribution < -0.4 is 0 Å². The van der Waals surface area contributed by atoms with Gasteiger partial charge >= 0.3 is 0 Å². The van der Waals surface area contributed by atoms with Crippen LogP contribution in [0, 0.1) is 0 Å². The van der Waals surface area contributed by atoms with Crippen LogP contribution in [0.3, 0.4) is 0 Å². The fourth-order valence-electron chi connectivity index (χ4n) is 1.50. The van der Waals surface area contributed by atoms with E-state index in [4.69, 9.17) is 0 Å². The topological polar surface area (TPSA) is 12.9 Å². The predicted molar refractivity (Wildman–Crippen MR) is 67.1 cm³/mol. The van der Waals surface area contributed by atoms with Crippen LogP contribution in [0.4, 0.5) is 0 Å². The molecular weight excluding hydrogens is 182 g/mol. The number of benzene rings is 1. The molecule has 0 saturated heterocycles. The number of hydrogen-bond acceptors (Lipinski definition) is 1. The van der Waals surface area contributed by atoms with Crippen molar-refractivity contribution in [2.45, 2.75) is 33.6 Å². The first-order chi connectivity index (χ1) is 7.33. The third-order valence-corrected chi connectivity index (χ3v) is 2.15. The van der Waals surface area contributed by atoms with Gasteiger partial charge in [-0.3, -0.25) is 4.98 Å². The first kappa shape index (κ1) is 11.7. The van der Waals surface area contributed by atoms with Crippen molar-refractivity contribution in [1.82, 2.24) is 4.98 Å². The van der Waals surface area contributed by atoms with E-state index < -0.39 is 0 Å². The second-order valence-corrected chi connectivity index (χ2v) is 3.57. The summed E-state index contributed by atoms with van der Waals surface area (Å²) in [4.78, 5) is 4.09. The maximum absolute atomic E-state index is 4.09. The number of hydrogen-bond donors (Lipinski definition) is 0. The molecule has 80 valence electrons. The number of rotatable bonds is 1. The van der Waals surface area contributed by atoms with E-state index in [-0.39, 0.29) is 0 Å². The number of fused-ring (bicyclic) bond motifs is 1. The summed E-state index contributed by atoms with van der Waals surface area (Å²) in [6, 6.07) is 8.43. The molecule has 15 heavy (non-hydrogen) atoms. The van der Waals surface area contributed by atoms with Gasteiger partial charge in [-0.15, -0.1) is 0 Å². The van der Waals surface area contributed by atoms with Crippen molar-refractivity contribution in [1.29, 1.82) is 0 Å². The van der Waals surface area contributed by atoms with E-state index in [0.29, 0.717) is 0 Å². The van der Waals surface area contributed by atoms with Crippen molar-refractivity contribution in [3.8, 4) is 0 Å². The van der Waals surface area contributed by atoms with Gasteiger partial charge in [0.1, 0.15) is 0 Å². The van der Waals surface area contributed by atoms with Gasteiger partial charge in [0.05, 0.1) is 0 Å². The van der Waals surface area contributed by atoms with Gasteiger partial charge < -0.3 is 0 Å². The van der Waals surface area contributed by atoms with Crippen molar-refractivity contribution in [2.24, 2.45) is 0 Å². The molecule has 0 bridgehead atoms. The summed E-state index contributed by atoms with van der Waals surface area (Å²) in [6.07, 6.45) is 6.09. The molecule has 2 rings (SSSR count). The highest BCUT2D eigenvalue weighted by Gasteiger charge is 1.96. The van der Waals surface area contributed by atoms with Crippen LogP contribution in [0.25, 0.3) is 10.8 Å². The van der Waals surface area contributed by atoms with Crippen LogP contribution in [0.5, 0.6) is 0 Å². The van der Waals surface area contributed by atoms with E-state index in [1.807, 2.05) is 12.4 Å². The number of aryl methyl sites for hydroxylation is 1. The Kier molecular flexibility index (Phi) is 4.82. The fourth-order valence-corrected chi connectivity index (χ4v) is 1.50. The minimum atomic E-state index is 1.08. The molecule has 0 aliphatic heterocycles. The lowest BCUT2D eigenvalue weighted by molar-refractivity contribution is 1.09. The van der Waals surface area contributed by atoms with Crippen LogP contribution in [-0.4, -0.2) is 4.98 Å². The lowest BCUT2D eigenvalue weighted by Crippen LogP contribution is -1.83. The summed E-state index contributed by atoms with van der Waals surface area (Å²) in [5.74, 6) is 0. The van der Waals surface area contributed by atoms with Gasteiger partial charge in [0.15, 0.2) is 0 Å². The van der Waals surface area contributed by atoms with E-state index in [1.54, 1.807) is 0 Å². The number of nitrogens with zero attached hydrogens (tertiary/aromatic N) is 1. The molecule has 0 amide bonds. The van der Waals surface area contributed by atoms with Crippen LogP contribution in [-0.2, 0) is 6.42 Å². The molecule has 0 radical (unpaired) electrons. The normalized spacial score (nSPS) is 9.53. The van der Waals surface area contributed by atoms with E-state index >= 15 is 0 Å². The maximum Gasteiger partial charge on any atom is 0.0346 e. The lowest BCUT2D eigenvalue weighted by Gasteiger charge is -2.01. The molecule has 0 unspecified atom stereocenters. The van der Waals surface area contributed by atoms with E-state index in [2.05, 4.69) is 50.0 Å². The second kappa shape index (κ2) is 6.18. The molecule has 0 aliphatic rings. The molecule has 1 heteroatoms. The second-order valence-electron chi connectivity index (χ2n) is 3.57. The largest absolute Gasteiger partial charge is 0.264 e. The summed E-state index contributed by atoms with van der Waals surface area (Å²) in [5, 5.41) is 2.56. The molecule has 0 atom stereocenters. The van der Waals surface area contributed by atoms with Crippen LogP contribution in [0.15, 0.2) is 36.7 Å². The third kappa shape index (κ3) is 3.05. The van der Waals surface area contributed by atoms with Gasteiger partial charge in [0.2, 0.25) is 0 Å². The number of pyridine rings is 1. The Balaban J connectivity index is 0.000000337. The maximum atomic E-state index is 4.09. The lowest BCUT2D eigenvalue weighted by atomic mass is 10.1. The Morgan fingerprint density at radius 3 is 2.47 bits per heavy atom. The molecule has 0 fully saturated rings. The molecule has 1 aromatic carbocycles. The van der Waals surface area contributed by atoms with Gasteiger partial charge in [0, 0.05) is 17.8 Å². The van der Waals surface area contributed by atoms with Crippen LogP contribution in [0.2, 0.25) is 0 Å². The summed E-state index contributed by atoms with van der Waals surface area (Å²) < 4.78 is 0. The zero-order chi connectivity index (χ0) is 11.1. The fraction of sp³-hybridized carbons (Fsp3) is 0.357. The Labute approximate surface area is 92.2 Å². The molecule has 1 nitrogen and oxygen atoms in total. The molecule has 0 aliphatic carbocycles. The van der Waals surface area contributed by atoms with Crippen molar-refractivity contribution in [3.05, 3.63) is 42.2 Å². The Morgan fingerprint density at radius 2 is 1.80 bits per heavy atom. The van der Waals surface area contributed by atoms with Gasteiger partial charge in [-0.1, -0.05) is 45.4 Å². The quantitative estimate of drug-likeness (QED) is 0.673. The SMILES string of the molecule is CCC.CCc1cccc2cnccc12. The standard InChI is InChI=1S/C11H11N.C3H8/c1-2-9-4-3-5-10-8-12-7-6-11(9)10;1-3-2/h3-8H,2H2,1H3;3H2,1-2H3. The number of aromatic nitrogens is 1. The Morgan fingerprint density at radius 1 is 1.07 bits per heavy atom. The summed E-state index contributed by atoms with van der Waals surface area (Å²) in [5.41, 5.74) is 1.40. The summed E-state index contributed by atoms with van der Waals surface area (Å²) in [6.45, 7) is 6.43. The predicted octanol–water partition coefficient (Wildman–Crippen LogP) is 4.21. The first-order valence-electron chi connectivity index (χ1n) is 5.65. The molecule has 0 spiro atoms. The van der Waals surface area contributed by atoms with Gasteiger partial charge in [0.25, 0.3) is 0 Å². The van der Waals surface area contributed by atoms with Crippen LogP contribution in [0.1, 0.15) is 32.8 Å². The molecule has 0 N–H and O–H groups in total. The van der Waals surface area contributed by atoms with Gasteiger partial charge in [-0.05, 0) is 23.4 Å². The van der Waals surface area contributed by atoms with Crippen LogP contribution >= 0.6 is 0 Å². The van der Waals surface area contributed by atoms with Crippen molar-refractivity contribution < 1.29 is 0 Å². The molecule has 1 aromatic heterocycles. The van der Waals surface area contributed by atoms with E-state index in [9.17, 15) is 0 Å². The Hall–Kier alpha value is -1.37. The van der Waals surface area contributed by atoms with Crippen molar-refractivity contribution in [2.75, 3.05) is 0 Å². The van der Waals surface area contributed by atoms with E-state index in [1.165, 1.54) is 22.8 Å². The van der Waals surface area contributed by atoms with Gasteiger partial charge in [-0.2, -0.15) is 0 Å². The zero-order valence-electron chi connectivity index (χ0n) is 9.83.